The number of nitrogens with zero attached hydrogens (tertiary/aromatic N) is 4. The van der Waals surface area contributed by atoms with Crippen molar-refractivity contribution in [1.82, 2.24) is 19.8 Å². The van der Waals surface area contributed by atoms with Crippen LogP contribution in [-0.4, -0.2) is 55.7 Å². The van der Waals surface area contributed by atoms with Gasteiger partial charge in [-0.05, 0) is 51.8 Å². The Bertz CT molecular complexity index is 866. The standard InChI is InChI=1S/C19H28N6O2S2/c1-6-24(7-2)16(26)11-28-18-22-23-19(25(18)20)29-14(5)17(27)21-15-10-12(3)8-9-13(15)4/h8-10,14H,6-7,11,20H2,1-5H3,(H,21,27). The molecule has 0 bridgehead atoms. The maximum absolute atomic E-state index is 12.6. The third-order valence-corrected chi connectivity index (χ3v) is 6.36. The van der Waals surface area contributed by atoms with Gasteiger partial charge in [-0.25, -0.2) is 4.68 Å². The SMILES string of the molecule is CCN(CC)C(=O)CSc1nnc(SC(C)C(=O)Nc2cc(C)ccc2C)n1N. The van der Waals surface area contributed by atoms with Crippen molar-refractivity contribution in [3.63, 3.8) is 0 Å². The summed E-state index contributed by atoms with van der Waals surface area (Å²) < 4.78 is 1.33. The number of aromatic nitrogens is 3. The van der Waals surface area contributed by atoms with E-state index in [9.17, 15) is 9.59 Å². The Balaban J connectivity index is 1.97. The summed E-state index contributed by atoms with van der Waals surface area (Å²) in [6, 6.07) is 5.92. The number of carbonyl (C=O) groups is 2. The monoisotopic (exact) mass is 436 g/mol. The van der Waals surface area contributed by atoms with Gasteiger partial charge in [-0.1, -0.05) is 35.7 Å². The normalized spacial score (nSPS) is 11.9. The van der Waals surface area contributed by atoms with E-state index < -0.39 is 5.25 Å². The molecular weight excluding hydrogens is 408 g/mol. The molecular formula is C19H28N6O2S2. The highest BCUT2D eigenvalue weighted by molar-refractivity contribution is 8.00. The summed E-state index contributed by atoms with van der Waals surface area (Å²) in [4.78, 5) is 26.5. The molecule has 158 valence electrons. The number of hydrogen-bond donors (Lipinski definition) is 2. The molecule has 8 nitrogen and oxygen atoms in total. The van der Waals surface area contributed by atoms with Gasteiger partial charge in [0.15, 0.2) is 0 Å². The van der Waals surface area contributed by atoms with Crippen LogP contribution in [0.3, 0.4) is 0 Å². The first-order valence-corrected chi connectivity index (χ1v) is 11.3. The van der Waals surface area contributed by atoms with E-state index in [4.69, 9.17) is 5.84 Å². The number of rotatable bonds is 9. The van der Waals surface area contributed by atoms with Crippen LogP contribution >= 0.6 is 23.5 Å². The van der Waals surface area contributed by atoms with Gasteiger partial charge in [-0.3, -0.25) is 9.59 Å². The van der Waals surface area contributed by atoms with E-state index in [-0.39, 0.29) is 17.6 Å². The van der Waals surface area contributed by atoms with E-state index in [2.05, 4.69) is 15.5 Å². The third-order valence-electron chi connectivity index (χ3n) is 4.38. The van der Waals surface area contributed by atoms with Crippen molar-refractivity contribution in [2.75, 3.05) is 30.0 Å². The molecule has 2 amide bonds. The van der Waals surface area contributed by atoms with Crippen LogP contribution in [0.5, 0.6) is 0 Å². The lowest BCUT2D eigenvalue weighted by molar-refractivity contribution is -0.128. The van der Waals surface area contributed by atoms with E-state index in [1.54, 1.807) is 11.8 Å². The van der Waals surface area contributed by atoms with Crippen LogP contribution in [0.25, 0.3) is 0 Å². The highest BCUT2D eigenvalue weighted by Gasteiger charge is 2.21. The molecule has 0 radical (unpaired) electrons. The largest absolute Gasteiger partial charge is 0.343 e. The number of thioether (sulfide) groups is 2. The molecule has 0 saturated carbocycles. The predicted octanol–water partition coefficient (Wildman–Crippen LogP) is 2.69. The van der Waals surface area contributed by atoms with Crippen LogP contribution < -0.4 is 11.2 Å². The number of nitrogens with two attached hydrogens (primary N) is 1. The van der Waals surface area contributed by atoms with Crippen molar-refractivity contribution in [3.8, 4) is 0 Å². The fourth-order valence-electron chi connectivity index (χ4n) is 2.55. The van der Waals surface area contributed by atoms with Crippen LogP contribution in [-0.2, 0) is 9.59 Å². The van der Waals surface area contributed by atoms with Crippen molar-refractivity contribution in [2.24, 2.45) is 0 Å². The molecule has 1 aromatic carbocycles. The van der Waals surface area contributed by atoms with Crippen LogP contribution in [0.2, 0.25) is 0 Å². The van der Waals surface area contributed by atoms with Gasteiger partial charge in [-0.2, -0.15) is 0 Å². The molecule has 1 aromatic heterocycles. The van der Waals surface area contributed by atoms with Gasteiger partial charge < -0.3 is 16.1 Å². The lowest BCUT2D eigenvalue weighted by Gasteiger charge is -2.17. The van der Waals surface area contributed by atoms with Crippen molar-refractivity contribution >= 4 is 41.0 Å². The van der Waals surface area contributed by atoms with E-state index in [1.165, 1.54) is 28.2 Å². The summed E-state index contributed by atoms with van der Waals surface area (Å²) in [6.07, 6.45) is 0. The summed E-state index contributed by atoms with van der Waals surface area (Å²) in [7, 11) is 0. The maximum Gasteiger partial charge on any atom is 0.237 e. The van der Waals surface area contributed by atoms with Gasteiger partial charge >= 0.3 is 0 Å². The summed E-state index contributed by atoms with van der Waals surface area (Å²) in [5.74, 6) is 6.19. The average Bonchev–Trinajstić information content (AvgIpc) is 3.03. The summed E-state index contributed by atoms with van der Waals surface area (Å²) in [5.41, 5.74) is 2.87. The molecule has 0 aliphatic rings. The number of amides is 2. The summed E-state index contributed by atoms with van der Waals surface area (Å²) >= 11 is 2.46. The number of aryl methyl sites for hydroxylation is 2. The van der Waals surface area contributed by atoms with Crippen LogP contribution in [0, 0.1) is 13.8 Å². The predicted molar refractivity (Wildman–Crippen MR) is 119 cm³/mol. The van der Waals surface area contributed by atoms with E-state index in [0.29, 0.717) is 23.4 Å². The second-order valence-electron chi connectivity index (χ2n) is 6.56. The summed E-state index contributed by atoms with van der Waals surface area (Å²) in [5, 5.41) is 11.5. The minimum Gasteiger partial charge on any atom is -0.343 e. The second kappa shape index (κ2) is 10.5. The minimum atomic E-state index is -0.420. The molecule has 3 N–H and O–H groups in total. The lowest BCUT2D eigenvalue weighted by Crippen LogP contribution is -2.32. The topological polar surface area (TPSA) is 106 Å². The Hall–Kier alpha value is -2.20. The van der Waals surface area contributed by atoms with Crippen LogP contribution in [0.4, 0.5) is 5.69 Å². The van der Waals surface area contributed by atoms with Crippen LogP contribution in [0.15, 0.2) is 28.5 Å². The molecule has 0 aliphatic carbocycles. The molecule has 0 spiro atoms. The number of anilines is 1. The van der Waals surface area contributed by atoms with Gasteiger partial charge in [0.25, 0.3) is 0 Å². The molecule has 0 saturated heterocycles. The number of nitrogens with one attached hydrogen (secondary N) is 1. The maximum atomic E-state index is 12.6. The molecule has 10 heteroatoms. The molecule has 1 atom stereocenters. The Morgan fingerprint density at radius 1 is 1.21 bits per heavy atom. The fourth-order valence-corrected chi connectivity index (χ4v) is 4.14. The van der Waals surface area contributed by atoms with Gasteiger partial charge in [0, 0.05) is 18.8 Å². The van der Waals surface area contributed by atoms with Crippen molar-refractivity contribution < 1.29 is 9.59 Å². The van der Waals surface area contributed by atoms with E-state index >= 15 is 0 Å². The first-order valence-electron chi connectivity index (χ1n) is 9.42. The zero-order chi connectivity index (χ0) is 21.6. The van der Waals surface area contributed by atoms with Gasteiger partial charge in [0.2, 0.25) is 22.1 Å². The second-order valence-corrected chi connectivity index (χ2v) is 8.81. The highest BCUT2D eigenvalue weighted by atomic mass is 32.2. The molecule has 1 unspecified atom stereocenters. The third kappa shape index (κ3) is 6.14. The highest BCUT2D eigenvalue weighted by Crippen LogP contribution is 2.26. The first kappa shape index (κ1) is 23.1. The number of hydrogen-bond acceptors (Lipinski definition) is 7. The molecule has 2 rings (SSSR count). The number of nitrogen functional groups attached to an aromatic ring is 1. The Kier molecular flexibility index (Phi) is 8.39. The zero-order valence-electron chi connectivity index (χ0n) is 17.4. The Morgan fingerprint density at radius 2 is 1.86 bits per heavy atom. The minimum absolute atomic E-state index is 0.0264. The number of benzene rings is 1. The van der Waals surface area contributed by atoms with Crippen LogP contribution in [0.1, 0.15) is 31.9 Å². The molecule has 1 heterocycles. The lowest BCUT2D eigenvalue weighted by atomic mass is 10.1. The first-order chi connectivity index (χ1) is 13.8. The van der Waals surface area contributed by atoms with Gasteiger partial charge in [0.1, 0.15) is 0 Å². The molecule has 29 heavy (non-hydrogen) atoms. The smallest absolute Gasteiger partial charge is 0.237 e. The molecule has 2 aromatic rings. The van der Waals surface area contributed by atoms with E-state index in [0.717, 1.165) is 16.8 Å². The van der Waals surface area contributed by atoms with Crippen molar-refractivity contribution in [3.05, 3.63) is 29.3 Å². The van der Waals surface area contributed by atoms with Crippen molar-refractivity contribution in [1.29, 1.82) is 0 Å². The molecule has 0 aliphatic heterocycles. The molecule has 0 fully saturated rings. The quantitative estimate of drug-likeness (QED) is 0.460. The number of carbonyl (C=O) groups excluding carboxylic acids is 2. The van der Waals surface area contributed by atoms with Gasteiger partial charge in [0.05, 0.1) is 11.0 Å². The van der Waals surface area contributed by atoms with E-state index in [1.807, 2.05) is 45.9 Å². The fraction of sp³-hybridized carbons (Fsp3) is 0.474. The zero-order valence-corrected chi connectivity index (χ0v) is 19.1. The van der Waals surface area contributed by atoms with Crippen molar-refractivity contribution in [2.45, 2.75) is 50.2 Å². The van der Waals surface area contributed by atoms with Gasteiger partial charge in [-0.15, -0.1) is 10.2 Å². The Morgan fingerprint density at radius 3 is 2.52 bits per heavy atom. The Labute approximate surface area is 180 Å². The average molecular weight is 437 g/mol. The summed E-state index contributed by atoms with van der Waals surface area (Å²) in [6.45, 7) is 10.9.